The van der Waals surface area contributed by atoms with Crippen LogP contribution in [-0.2, 0) is 0 Å². The zero-order valence-corrected chi connectivity index (χ0v) is 13.3. The van der Waals surface area contributed by atoms with Crippen molar-refractivity contribution >= 4 is 33.4 Å². The van der Waals surface area contributed by atoms with E-state index in [0.717, 1.165) is 16.5 Å². The summed E-state index contributed by atoms with van der Waals surface area (Å²) in [5.41, 5.74) is 1.73. The number of hydrogen-bond acceptors (Lipinski definition) is 1. The van der Waals surface area contributed by atoms with E-state index in [1.54, 1.807) is 0 Å². The molecule has 0 radical (unpaired) electrons. The molecule has 0 spiro atoms. The van der Waals surface area contributed by atoms with Gasteiger partial charge in [0.2, 0.25) is 0 Å². The van der Waals surface area contributed by atoms with Crippen LogP contribution in [0, 0.1) is 12.8 Å². The number of carbonyl (C=O) groups excluding carboxylic acids is 1. The first kappa shape index (κ1) is 15.5. The van der Waals surface area contributed by atoms with Gasteiger partial charge in [0, 0.05) is 16.4 Å². The number of hydrogen-bond donors (Lipinski definition) is 1. The van der Waals surface area contributed by atoms with E-state index in [9.17, 15) is 4.79 Å². The lowest BCUT2D eigenvalue weighted by Crippen LogP contribution is -2.39. The minimum absolute atomic E-state index is 0.0469. The molecule has 4 heteroatoms. The predicted molar refractivity (Wildman–Crippen MR) is 80.3 cm³/mol. The molecule has 0 heterocycles. The number of amides is 1. The van der Waals surface area contributed by atoms with E-state index in [-0.39, 0.29) is 11.9 Å². The lowest BCUT2D eigenvalue weighted by Gasteiger charge is -2.22. The summed E-state index contributed by atoms with van der Waals surface area (Å²) in [4.78, 5) is 12.2. The smallest absolute Gasteiger partial charge is 0.252 e. The molecule has 1 amide bonds. The fourth-order valence-corrected chi connectivity index (χ4v) is 2.44. The molecule has 1 rings (SSSR count). The molecule has 1 unspecified atom stereocenters. The summed E-state index contributed by atoms with van der Waals surface area (Å²) in [7, 11) is 0. The number of alkyl halides is 1. The summed E-state index contributed by atoms with van der Waals surface area (Å²) >= 11 is 9.23. The van der Waals surface area contributed by atoms with Crippen molar-refractivity contribution in [1.82, 2.24) is 5.32 Å². The van der Waals surface area contributed by atoms with Gasteiger partial charge in [-0.3, -0.25) is 4.79 Å². The monoisotopic (exact) mass is 331 g/mol. The maximum Gasteiger partial charge on any atom is 0.252 e. The summed E-state index contributed by atoms with van der Waals surface area (Å²) in [5, 5.41) is 3.05. The number of carbonyl (C=O) groups is 1. The summed E-state index contributed by atoms with van der Waals surface area (Å²) < 4.78 is 0.857. The second-order valence-electron chi connectivity index (χ2n) is 4.74. The number of rotatable bonds is 5. The van der Waals surface area contributed by atoms with Gasteiger partial charge in [-0.15, -0.1) is 11.6 Å². The van der Waals surface area contributed by atoms with E-state index in [0.29, 0.717) is 17.4 Å². The Kier molecular flexibility index (Phi) is 6.16. The van der Waals surface area contributed by atoms with E-state index in [1.807, 2.05) is 25.1 Å². The van der Waals surface area contributed by atoms with Crippen LogP contribution in [0.4, 0.5) is 0 Å². The maximum absolute atomic E-state index is 12.2. The highest BCUT2D eigenvalue weighted by Gasteiger charge is 2.18. The molecule has 1 N–H and O–H groups in total. The van der Waals surface area contributed by atoms with Crippen LogP contribution in [-0.4, -0.2) is 17.8 Å². The molecule has 0 saturated carbocycles. The van der Waals surface area contributed by atoms with Gasteiger partial charge in [-0.1, -0.05) is 26.0 Å². The topological polar surface area (TPSA) is 29.1 Å². The third-order valence-corrected chi connectivity index (χ3v) is 4.25. The normalized spacial score (nSPS) is 12.6. The Hall–Kier alpha value is -0.540. The van der Waals surface area contributed by atoms with Crippen LogP contribution < -0.4 is 5.32 Å². The van der Waals surface area contributed by atoms with Crippen molar-refractivity contribution in [3.8, 4) is 0 Å². The first-order valence-electron chi connectivity index (χ1n) is 6.09. The van der Waals surface area contributed by atoms with Crippen LogP contribution >= 0.6 is 27.5 Å². The summed E-state index contributed by atoms with van der Waals surface area (Å²) in [6.45, 7) is 6.14. The highest BCUT2D eigenvalue weighted by molar-refractivity contribution is 9.10. The average Bonchev–Trinajstić information content (AvgIpc) is 2.31. The summed E-state index contributed by atoms with van der Waals surface area (Å²) in [6, 6.07) is 5.80. The largest absolute Gasteiger partial charge is 0.349 e. The molecule has 0 bridgehead atoms. The molecule has 0 aliphatic carbocycles. The zero-order valence-electron chi connectivity index (χ0n) is 11.0. The molecule has 0 aliphatic rings. The highest BCUT2D eigenvalue weighted by atomic mass is 79.9. The van der Waals surface area contributed by atoms with Crippen molar-refractivity contribution in [3.63, 3.8) is 0 Å². The Bertz CT molecular complexity index is 420. The van der Waals surface area contributed by atoms with Crippen molar-refractivity contribution in [2.45, 2.75) is 33.2 Å². The highest BCUT2D eigenvalue weighted by Crippen LogP contribution is 2.21. The third kappa shape index (κ3) is 3.99. The summed E-state index contributed by atoms with van der Waals surface area (Å²) in [6.07, 6.45) is 0.786. The third-order valence-electron chi connectivity index (χ3n) is 2.98. The Balaban J connectivity index is 2.84. The fraction of sp³-hybridized carbons (Fsp3) is 0.500. The van der Waals surface area contributed by atoms with Crippen molar-refractivity contribution < 1.29 is 4.79 Å². The number of halogens is 2. The molecular formula is C14H19BrClNO. The Morgan fingerprint density at radius 2 is 2.11 bits per heavy atom. The van der Waals surface area contributed by atoms with Gasteiger partial charge in [0.15, 0.2) is 0 Å². The van der Waals surface area contributed by atoms with Crippen LogP contribution in [0.2, 0.25) is 0 Å². The summed E-state index contributed by atoms with van der Waals surface area (Å²) in [5.74, 6) is 0.878. The van der Waals surface area contributed by atoms with E-state index in [2.05, 4.69) is 35.1 Å². The van der Waals surface area contributed by atoms with Gasteiger partial charge in [-0.05, 0) is 46.8 Å². The molecule has 0 fully saturated rings. The van der Waals surface area contributed by atoms with Crippen molar-refractivity contribution in [2.24, 2.45) is 5.92 Å². The van der Waals surface area contributed by atoms with Crippen molar-refractivity contribution in [3.05, 3.63) is 33.8 Å². The van der Waals surface area contributed by atoms with E-state index < -0.39 is 0 Å². The lowest BCUT2D eigenvalue weighted by atomic mass is 10.0. The van der Waals surface area contributed by atoms with E-state index in [4.69, 9.17) is 11.6 Å². The van der Waals surface area contributed by atoms with Crippen LogP contribution in [0.3, 0.4) is 0 Å². The lowest BCUT2D eigenvalue weighted by molar-refractivity contribution is 0.0924. The molecule has 1 atom stereocenters. The number of aryl methyl sites for hydroxylation is 1. The van der Waals surface area contributed by atoms with Crippen LogP contribution in [0.5, 0.6) is 0 Å². The second-order valence-corrected chi connectivity index (χ2v) is 5.91. The van der Waals surface area contributed by atoms with Crippen LogP contribution in [0.25, 0.3) is 0 Å². The first-order chi connectivity index (χ1) is 8.47. The van der Waals surface area contributed by atoms with Gasteiger partial charge < -0.3 is 5.32 Å². The molecule has 0 aromatic heterocycles. The quantitative estimate of drug-likeness (QED) is 0.807. The second kappa shape index (κ2) is 7.15. The molecule has 0 aliphatic heterocycles. The minimum atomic E-state index is -0.0469. The SMILES string of the molecule is Cc1cccc(C(=O)NC(CCCl)C(C)C)c1Br. The molecular weight excluding hydrogens is 314 g/mol. The van der Waals surface area contributed by atoms with Gasteiger partial charge in [0.25, 0.3) is 5.91 Å². The predicted octanol–water partition coefficient (Wildman–Crippen LogP) is 4.14. The molecule has 2 nitrogen and oxygen atoms in total. The van der Waals surface area contributed by atoms with E-state index in [1.165, 1.54) is 0 Å². The van der Waals surface area contributed by atoms with Crippen molar-refractivity contribution in [2.75, 3.05) is 5.88 Å². The average molecular weight is 333 g/mol. The molecule has 18 heavy (non-hydrogen) atoms. The number of nitrogens with one attached hydrogen (secondary N) is 1. The van der Waals surface area contributed by atoms with Gasteiger partial charge in [-0.25, -0.2) is 0 Å². The van der Waals surface area contributed by atoms with Crippen LogP contribution in [0.1, 0.15) is 36.2 Å². The zero-order chi connectivity index (χ0) is 13.7. The van der Waals surface area contributed by atoms with Gasteiger partial charge in [0.1, 0.15) is 0 Å². The Morgan fingerprint density at radius 1 is 1.44 bits per heavy atom. The minimum Gasteiger partial charge on any atom is -0.349 e. The number of benzene rings is 1. The van der Waals surface area contributed by atoms with Crippen LogP contribution in [0.15, 0.2) is 22.7 Å². The fourth-order valence-electron chi connectivity index (χ4n) is 1.76. The first-order valence-corrected chi connectivity index (χ1v) is 7.42. The van der Waals surface area contributed by atoms with Gasteiger partial charge >= 0.3 is 0 Å². The van der Waals surface area contributed by atoms with E-state index >= 15 is 0 Å². The molecule has 1 aromatic rings. The molecule has 0 saturated heterocycles. The van der Waals surface area contributed by atoms with Crippen molar-refractivity contribution in [1.29, 1.82) is 0 Å². The standard InChI is InChI=1S/C14H19BrClNO/c1-9(2)12(7-8-16)17-14(18)11-6-4-5-10(3)13(11)15/h4-6,9,12H,7-8H2,1-3H3,(H,17,18). The maximum atomic E-state index is 12.2. The van der Waals surface area contributed by atoms with Gasteiger partial charge in [-0.2, -0.15) is 0 Å². The van der Waals surface area contributed by atoms with Gasteiger partial charge in [0.05, 0.1) is 5.56 Å². The molecule has 1 aromatic carbocycles. The molecule has 100 valence electrons. The Labute approximate surface area is 122 Å². The Morgan fingerprint density at radius 3 is 2.67 bits per heavy atom.